The normalized spacial score (nSPS) is 24.2. The van der Waals surface area contributed by atoms with E-state index in [1.807, 2.05) is 0 Å². The van der Waals surface area contributed by atoms with Gasteiger partial charge in [0.15, 0.2) is 0 Å². The van der Waals surface area contributed by atoms with Crippen molar-refractivity contribution in [2.24, 2.45) is 5.92 Å². The molecule has 1 aliphatic carbocycles. The summed E-state index contributed by atoms with van der Waals surface area (Å²) >= 11 is 3.51. The van der Waals surface area contributed by atoms with E-state index in [2.05, 4.69) is 71.4 Å². The molecule has 0 saturated heterocycles. The van der Waals surface area contributed by atoms with Gasteiger partial charge in [-0.15, -0.1) is 0 Å². The van der Waals surface area contributed by atoms with Crippen LogP contribution in [-0.2, 0) is 0 Å². The standard InChI is InChI=1S/C18H29BrN2/c1-14-6-4-5-7-18(14)21(3)13-12-17(20-2)15-8-10-16(19)11-9-15/h8-11,14,17-18,20H,4-7,12-13H2,1-3H3. The zero-order valence-electron chi connectivity index (χ0n) is 13.6. The molecule has 1 aromatic carbocycles. The fourth-order valence-corrected chi connectivity index (χ4v) is 3.89. The van der Waals surface area contributed by atoms with E-state index < -0.39 is 0 Å². The highest BCUT2D eigenvalue weighted by Crippen LogP contribution is 2.28. The summed E-state index contributed by atoms with van der Waals surface area (Å²) < 4.78 is 1.15. The number of halogens is 1. The Bertz CT molecular complexity index is 418. The van der Waals surface area contributed by atoms with Gasteiger partial charge in [0.25, 0.3) is 0 Å². The monoisotopic (exact) mass is 352 g/mol. The average molecular weight is 353 g/mol. The van der Waals surface area contributed by atoms with Gasteiger partial charge in [-0.05, 0) is 63.5 Å². The van der Waals surface area contributed by atoms with Crippen molar-refractivity contribution in [3.05, 3.63) is 34.3 Å². The number of rotatable bonds is 6. The second-order valence-electron chi connectivity index (χ2n) is 6.49. The fourth-order valence-electron chi connectivity index (χ4n) is 3.62. The van der Waals surface area contributed by atoms with Gasteiger partial charge in [0.1, 0.15) is 0 Å². The van der Waals surface area contributed by atoms with Crippen LogP contribution >= 0.6 is 15.9 Å². The Hall–Kier alpha value is -0.380. The number of hydrogen-bond donors (Lipinski definition) is 1. The van der Waals surface area contributed by atoms with Gasteiger partial charge in [0.05, 0.1) is 0 Å². The Morgan fingerprint density at radius 1 is 1.24 bits per heavy atom. The predicted octanol–water partition coefficient (Wildman–Crippen LogP) is 4.61. The van der Waals surface area contributed by atoms with Crippen molar-refractivity contribution in [3.63, 3.8) is 0 Å². The lowest BCUT2D eigenvalue weighted by molar-refractivity contribution is 0.135. The topological polar surface area (TPSA) is 15.3 Å². The molecule has 1 N–H and O–H groups in total. The van der Waals surface area contributed by atoms with Crippen molar-refractivity contribution < 1.29 is 0 Å². The highest BCUT2D eigenvalue weighted by molar-refractivity contribution is 9.10. The third kappa shape index (κ3) is 4.80. The smallest absolute Gasteiger partial charge is 0.0329 e. The second kappa shape index (κ2) is 8.30. The summed E-state index contributed by atoms with van der Waals surface area (Å²) in [4.78, 5) is 2.59. The molecule has 3 atom stereocenters. The van der Waals surface area contributed by atoms with Crippen molar-refractivity contribution in [1.82, 2.24) is 10.2 Å². The van der Waals surface area contributed by atoms with Crippen molar-refractivity contribution >= 4 is 15.9 Å². The maximum atomic E-state index is 3.51. The van der Waals surface area contributed by atoms with E-state index in [1.54, 1.807) is 0 Å². The first-order valence-electron chi connectivity index (χ1n) is 8.24. The van der Waals surface area contributed by atoms with Crippen LogP contribution in [0, 0.1) is 5.92 Å². The van der Waals surface area contributed by atoms with Crippen molar-refractivity contribution in [2.75, 3.05) is 20.6 Å². The molecule has 1 aliphatic rings. The highest BCUT2D eigenvalue weighted by Gasteiger charge is 2.25. The molecule has 1 aromatic rings. The lowest BCUT2D eigenvalue weighted by Crippen LogP contribution is -2.40. The highest BCUT2D eigenvalue weighted by atomic mass is 79.9. The predicted molar refractivity (Wildman–Crippen MR) is 94.6 cm³/mol. The van der Waals surface area contributed by atoms with Gasteiger partial charge in [0.2, 0.25) is 0 Å². The van der Waals surface area contributed by atoms with Crippen LogP contribution in [0.1, 0.15) is 50.6 Å². The molecule has 0 radical (unpaired) electrons. The van der Waals surface area contributed by atoms with Crippen LogP contribution in [0.4, 0.5) is 0 Å². The Labute approximate surface area is 138 Å². The summed E-state index contributed by atoms with van der Waals surface area (Å²) in [6.45, 7) is 3.58. The molecule has 0 bridgehead atoms. The summed E-state index contributed by atoms with van der Waals surface area (Å²) in [5.74, 6) is 0.851. The zero-order chi connectivity index (χ0) is 15.2. The van der Waals surface area contributed by atoms with E-state index in [0.717, 1.165) is 29.4 Å². The van der Waals surface area contributed by atoms with E-state index in [9.17, 15) is 0 Å². The van der Waals surface area contributed by atoms with Crippen molar-refractivity contribution in [2.45, 2.75) is 51.1 Å². The minimum atomic E-state index is 0.444. The molecule has 0 spiro atoms. The molecule has 0 heterocycles. The molecule has 21 heavy (non-hydrogen) atoms. The molecule has 2 nitrogen and oxygen atoms in total. The van der Waals surface area contributed by atoms with Crippen LogP contribution in [0.2, 0.25) is 0 Å². The molecule has 0 amide bonds. The quantitative estimate of drug-likeness (QED) is 0.803. The average Bonchev–Trinajstić information content (AvgIpc) is 2.49. The maximum Gasteiger partial charge on any atom is 0.0329 e. The van der Waals surface area contributed by atoms with Crippen LogP contribution in [-0.4, -0.2) is 31.6 Å². The molecular weight excluding hydrogens is 324 g/mol. The van der Waals surface area contributed by atoms with Crippen LogP contribution in [0.5, 0.6) is 0 Å². The number of nitrogens with zero attached hydrogens (tertiary/aromatic N) is 1. The molecule has 118 valence electrons. The lowest BCUT2D eigenvalue weighted by atomic mass is 9.85. The van der Waals surface area contributed by atoms with Gasteiger partial charge in [-0.3, -0.25) is 0 Å². The van der Waals surface area contributed by atoms with Gasteiger partial charge in [-0.1, -0.05) is 47.8 Å². The molecule has 1 saturated carbocycles. The minimum Gasteiger partial charge on any atom is -0.313 e. The van der Waals surface area contributed by atoms with Crippen LogP contribution < -0.4 is 5.32 Å². The first kappa shape index (κ1) is 17.0. The van der Waals surface area contributed by atoms with E-state index >= 15 is 0 Å². The van der Waals surface area contributed by atoms with Crippen molar-refractivity contribution in [3.8, 4) is 0 Å². The summed E-state index contributed by atoms with van der Waals surface area (Å²) in [5.41, 5.74) is 1.38. The van der Waals surface area contributed by atoms with Gasteiger partial charge in [-0.2, -0.15) is 0 Å². The lowest BCUT2D eigenvalue weighted by Gasteiger charge is -2.37. The Balaban J connectivity index is 1.88. The van der Waals surface area contributed by atoms with Crippen molar-refractivity contribution in [1.29, 1.82) is 0 Å². The SMILES string of the molecule is CNC(CCN(C)C1CCCCC1C)c1ccc(Br)cc1. The van der Waals surface area contributed by atoms with Crippen LogP contribution in [0.25, 0.3) is 0 Å². The Morgan fingerprint density at radius 3 is 2.52 bits per heavy atom. The van der Waals surface area contributed by atoms with Crippen LogP contribution in [0.15, 0.2) is 28.7 Å². The molecule has 3 unspecified atom stereocenters. The number of nitrogens with one attached hydrogen (secondary N) is 1. The van der Waals surface area contributed by atoms with Gasteiger partial charge in [0, 0.05) is 16.6 Å². The molecule has 1 fully saturated rings. The summed E-state index contributed by atoms with van der Waals surface area (Å²) in [5, 5.41) is 3.47. The second-order valence-corrected chi connectivity index (χ2v) is 7.41. The molecule has 2 rings (SSSR count). The third-order valence-corrected chi connectivity index (χ3v) is 5.55. The van der Waals surface area contributed by atoms with E-state index in [0.29, 0.717) is 6.04 Å². The van der Waals surface area contributed by atoms with Gasteiger partial charge in [-0.25, -0.2) is 0 Å². The summed E-state index contributed by atoms with van der Waals surface area (Å²) in [6.07, 6.45) is 6.76. The summed E-state index contributed by atoms with van der Waals surface area (Å²) in [7, 11) is 4.37. The van der Waals surface area contributed by atoms with Crippen LogP contribution in [0.3, 0.4) is 0 Å². The van der Waals surface area contributed by atoms with E-state index in [4.69, 9.17) is 0 Å². The first-order chi connectivity index (χ1) is 10.1. The number of benzene rings is 1. The summed E-state index contributed by atoms with van der Waals surface area (Å²) in [6, 6.07) is 9.92. The Morgan fingerprint density at radius 2 is 1.90 bits per heavy atom. The largest absolute Gasteiger partial charge is 0.313 e. The van der Waals surface area contributed by atoms with Gasteiger partial charge >= 0.3 is 0 Å². The maximum absolute atomic E-state index is 3.51. The fraction of sp³-hybridized carbons (Fsp3) is 0.667. The third-order valence-electron chi connectivity index (χ3n) is 5.02. The van der Waals surface area contributed by atoms with E-state index in [1.165, 1.54) is 31.2 Å². The first-order valence-corrected chi connectivity index (χ1v) is 9.04. The molecule has 3 heteroatoms. The molecule has 0 aromatic heterocycles. The van der Waals surface area contributed by atoms with E-state index in [-0.39, 0.29) is 0 Å². The Kier molecular flexibility index (Phi) is 6.72. The number of hydrogen-bond acceptors (Lipinski definition) is 2. The zero-order valence-corrected chi connectivity index (χ0v) is 15.2. The van der Waals surface area contributed by atoms with Gasteiger partial charge < -0.3 is 10.2 Å². The molecule has 0 aliphatic heterocycles. The molecular formula is C18H29BrN2. The minimum absolute atomic E-state index is 0.444.